The van der Waals surface area contributed by atoms with Crippen LogP contribution in [0.4, 0.5) is 4.39 Å². The van der Waals surface area contributed by atoms with Gasteiger partial charge in [0.2, 0.25) is 0 Å². The maximum atomic E-state index is 13.9. The summed E-state index contributed by atoms with van der Waals surface area (Å²) < 4.78 is 13.9. The van der Waals surface area contributed by atoms with Crippen molar-refractivity contribution in [2.75, 3.05) is 13.6 Å². The van der Waals surface area contributed by atoms with Gasteiger partial charge in [-0.15, -0.1) is 0 Å². The molecule has 0 atom stereocenters. The number of halogens is 1. The number of rotatable bonds is 5. The molecule has 2 N–H and O–H groups in total. The first kappa shape index (κ1) is 21.2. The summed E-state index contributed by atoms with van der Waals surface area (Å²) in [6.07, 6.45) is 0. The Kier molecular flexibility index (Phi) is 5.73. The van der Waals surface area contributed by atoms with Crippen LogP contribution in [0.2, 0.25) is 0 Å². The second-order valence-corrected chi connectivity index (χ2v) is 7.62. The average molecular weight is 410 g/mol. The topological polar surface area (TPSA) is 90.7 Å². The van der Waals surface area contributed by atoms with Gasteiger partial charge in [-0.05, 0) is 59.7 Å². The van der Waals surface area contributed by atoms with Crippen LogP contribution in [0.3, 0.4) is 0 Å². The zero-order valence-electron chi connectivity index (χ0n) is 17.2. The van der Waals surface area contributed by atoms with Crippen molar-refractivity contribution < 1.29 is 24.2 Å². The van der Waals surface area contributed by atoms with Crippen LogP contribution in [0.15, 0.2) is 36.4 Å². The summed E-state index contributed by atoms with van der Waals surface area (Å²) in [6, 6.07) is 9.43. The fraction of sp³-hybridized carbons (Fsp3) is 0.261. The molecule has 6 nitrogen and oxygen atoms in total. The molecule has 0 unspecified atom stereocenters. The predicted octanol–water partition coefficient (Wildman–Crippen LogP) is 4.33. The van der Waals surface area contributed by atoms with Crippen molar-refractivity contribution in [2.45, 2.75) is 26.7 Å². The number of amides is 1. The Balaban J connectivity index is 2.36. The third kappa shape index (κ3) is 3.96. The summed E-state index contributed by atoms with van der Waals surface area (Å²) in [5.41, 5.74) is 2.68. The van der Waals surface area contributed by atoms with Crippen LogP contribution >= 0.6 is 0 Å². The van der Waals surface area contributed by atoms with Crippen LogP contribution in [0.1, 0.15) is 41.5 Å². The van der Waals surface area contributed by atoms with Crippen molar-refractivity contribution in [3.05, 3.63) is 59.2 Å². The fourth-order valence-corrected chi connectivity index (χ4v) is 3.46. The third-order valence-electron chi connectivity index (χ3n) is 4.93. The Bertz CT molecular complexity index is 1160. The molecule has 0 bridgehead atoms. The number of carboxylic acids is 1. The van der Waals surface area contributed by atoms with Gasteiger partial charge in [-0.25, -0.2) is 9.37 Å². The molecule has 1 heterocycles. The van der Waals surface area contributed by atoms with Gasteiger partial charge in [0, 0.05) is 18.0 Å². The number of hydrogen-bond donors (Lipinski definition) is 2. The maximum Gasteiger partial charge on any atom is 0.323 e. The van der Waals surface area contributed by atoms with Crippen LogP contribution in [-0.4, -0.2) is 45.6 Å². The molecule has 0 aliphatic heterocycles. The number of aromatic nitrogens is 1. The number of carbonyl (C=O) groups is 2. The van der Waals surface area contributed by atoms with E-state index in [1.807, 2.05) is 13.8 Å². The zero-order valence-corrected chi connectivity index (χ0v) is 17.2. The Morgan fingerprint density at radius 2 is 1.83 bits per heavy atom. The molecule has 3 aromatic rings. The minimum absolute atomic E-state index is 0.0437. The number of likely N-dealkylation sites (N-methyl/N-ethyl adjacent to an activating group) is 1. The molecular formula is C23H23FN2O4. The highest BCUT2D eigenvalue weighted by Gasteiger charge is 2.24. The molecule has 30 heavy (non-hydrogen) atoms. The van der Waals surface area contributed by atoms with Crippen LogP contribution in [0, 0.1) is 12.7 Å². The number of phenolic OH excluding ortho intramolecular Hbond substituents is 1. The van der Waals surface area contributed by atoms with Crippen LogP contribution in [0.25, 0.3) is 21.9 Å². The Labute approximate surface area is 173 Å². The van der Waals surface area contributed by atoms with Gasteiger partial charge in [0.25, 0.3) is 5.91 Å². The molecule has 0 saturated carbocycles. The monoisotopic (exact) mass is 410 g/mol. The van der Waals surface area contributed by atoms with Crippen molar-refractivity contribution in [3.63, 3.8) is 0 Å². The normalized spacial score (nSPS) is 11.1. The van der Waals surface area contributed by atoms with Gasteiger partial charge in [-0.1, -0.05) is 19.9 Å². The lowest BCUT2D eigenvalue weighted by Crippen LogP contribution is -2.33. The standard InChI is InChI=1S/C23H23FN2O4/c1-12(2)21-20(14-5-8-18(24)13(3)9-14)16-7-6-15(27)10-17(16)22(25-21)23(30)26(4)11-19(28)29/h5-10,12,27H,11H2,1-4H3,(H,28,29). The van der Waals surface area contributed by atoms with Crippen molar-refractivity contribution in [1.82, 2.24) is 9.88 Å². The number of pyridine rings is 1. The van der Waals surface area contributed by atoms with E-state index in [1.54, 1.807) is 25.1 Å². The highest BCUT2D eigenvalue weighted by Crippen LogP contribution is 2.38. The molecule has 0 radical (unpaired) electrons. The van der Waals surface area contributed by atoms with Crippen molar-refractivity contribution in [2.24, 2.45) is 0 Å². The van der Waals surface area contributed by atoms with Gasteiger partial charge in [-0.3, -0.25) is 9.59 Å². The zero-order chi connectivity index (χ0) is 22.2. The SMILES string of the molecule is Cc1cc(-c2c(C(C)C)nc(C(=O)N(C)CC(=O)O)c3cc(O)ccc23)ccc1F. The number of aliphatic carboxylic acids is 1. The lowest BCUT2D eigenvalue weighted by molar-refractivity contribution is -0.137. The van der Waals surface area contributed by atoms with E-state index in [2.05, 4.69) is 4.98 Å². The number of carboxylic acid groups (broad SMARTS) is 1. The molecule has 0 spiro atoms. The molecule has 0 aliphatic rings. The highest BCUT2D eigenvalue weighted by atomic mass is 19.1. The quantitative estimate of drug-likeness (QED) is 0.653. The van der Waals surface area contributed by atoms with Gasteiger partial charge < -0.3 is 15.1 Å². The molecule has 2 aromatic carbocycles. The van der Waals surface area contributed by atoms with E-state index in [0.29, 0.717) is 22.0 Å². The van der Waals surface area contributed by atoms with E-state index in [-0.39, 0.29) is 23.2 Å². The Morgan fingerprint density at radius 1 is 1.13 bits per heavy atom. The Morgan fingerprint density at radius 3 is 2.43 bits per heavy atom. The molecule has 7 heteroatoms. The third-order valence-corrected chi connectivity index (χ3v) is 4.93. The smallest absolute Gasteiger partial charge is 0.323 e. The molecule has 1 aromatic heterocycles. The second-order valence-electron chi connectivity index (χ2n) is 7.62. The number of benzene rings is 2. The average Bonchev–Trinajstić information content (AvgIpc) is 2.67. The first-order valence-corrected chi connectivity index (χ1v) is 9.50. The number of fused-ring (bicyclic) bond motifs is 1. The second kappa shape index (κ2) is 8.10. The van der Waals surface area contributed by atoms with Crippen molar-refractivity contribution >= 4 is 22.6 Å². The molecule has 156 valence electrons. The Hall–Kier alpha value is -3.48. The van der Waals surface area contributed by atoms with E-state index in [0.717, 1.165) is 16.0 Å². The fourth-order valence-electron chi connectivity index (χ4n) is 3.46. The van der Waals surface area contributed by atoms with E-state index in [4.69, 9.17) is 5.11 Å². The summed E-state index contributed by atoms with van der Waals surface area (Å²) in [5.74, 6) is -2.13. The first-order valence-electron chi connectivity index (χ1n) is 9.50. The number of phenols is 1. The van der Waals surface area contributed by atoms with Gasteiger partial charge in [0.05, 0.1) is 5.69 Å². The molecule has 3 rings (SSSR count). The van der Waals surface area contributed by atoms with E-state index >= 15 is 0 Å². The van der Waals surface area contributed by atoms with Gasteiger partial charge in [0.1, 0.15) is 23.8 Å². The van der Waals surface area contributed by atoms with Crippen molar-refractivity contribution in [1.29, 1.82) is 0 Å². The summed E-state index contributed by atoms with van der Waals surface area (Å²) in [7, 11) is 1.39. The van der Waals surface area contributed by atoms with Gasteiger partial charge in [0.15, 0.2) is 0 Å². The van der Waals surface area contributed by atoms with Crippen LogP contribution in [-0.2, 0) is 4.79 Å². The summed E-state index contributed by atoms with van der Waals surface area (Å²) in [6.45, 7) is 5.07. The molecule has 0 saturated heterocycles. The number of aromatic hydroxyl groups is 1. The lowest BCUT2D eigenvalue weighted by Gasteiger charge is -2.21. The minimum atomic E-state index is -1.14. The number of aryl methyl sites for hydroxylation is 1. The number of nitrogens with zero attached hydrogens (tertiary/aromatic N) is 2. The first-order chi connectivity index (χ1) is 14.1. The molecular weight excluding hydrogens is 387 g/mol. The summed E-state index contributed by atoms with van der Waals surface area (Å²) >= 11 is 0. The number of carbonyl (C=O) groups excluding carboxylic acids is 1. The van der Waals surface area contributed by atoms with Gasteiger partial charge in [-0.2, -0.15) is 0 Å². The van der Waals surface area contributed by atoms with Crippen LogP contribution < -0.4 is 0 Å². The molecule has 1 amide bonds. The van der Waals surface area contributed by atoms with Crippen molar-refractivity contribution in [3.8, 4) is 16.9 Å². The van der Waals surface area contributed by atoms with E-state index in [1.165, 1.54) is 25.2 Å². The van der Waals surface area contributed by atoms with Gasteiger partial charge >= 0.3 is 5.97 Å². The number of hydrogen-bond acceptors (Lipinski definition) is 4. The van der Waals surface area contributed by atoms with Crippen LogP contribution in [0.5, 0.6) is 5.75 Å². The molecule has 0 fully saturated rings. The van der Waals surface area contributed by atoms with E-state index < -0.39 is 18.4 Å². The minimum Gasteiger partial charge on any atom is -0.508 e. The highest BCUT2D eigenvalue weighted by molar-refractivity contribution is 6.10. The largest absolute Gasteiger partial charge is 0.508 e. The molecule has 0 aliphatic carbocycles. The summed E-state index contributed by atoms with van der Waals surface area (Å²) in [4.78, 5) is 29.7. The predicted molar refractivity (Wildman–Crippen MR) is 112 cm³/mol. The van der Waals surface area contributed by atoms with E-state index in [9.17, 15) is 19.1 Å². The lowest BCUT2D eigenvalue weighted by atomic mass is 9.90. The maximum absolute atomic E-state index is 13.9. The summed E-state index contributed by atoms with van der Waals surface area (Å²) in [5, 5.41) is 20.2.